The van der Waals surface area contributed by atoms with Crippen molar-refractivity contribution in [1.29, 1.82) is 0 Å². The lowest BCUT2D eigenvalue weighted by Crippen LogP contribution is -2.59. The highest BCUT2D eigenvalue weighted by molar-refractivity contribution is 5.50. The number of benzene rings is 1. The standard InChI is InChI=1S/C18H24O2/c1-17-9-11-6-12(10-17)8-13(7-11)18(17,2)14-4-3-5-15(19)16(14)20/h3-5,11-13,19-20H,6-10H2,1-2H3. The van der Waals surface area contributed by atoms with E-state index < -0.39 is 0 Å². The fourth-order valence-electron chi connectivity index (χ4n) is 6.14. The van der Waals surface area contributed by atoms with Gasteiger partial charge in [0.1, 0.15) is 0 Å². The van der Waals surface area contributed by atoms with Gasteiger partial charge < -0.3 is 10.2 Å². The summed E-state index contributed by atoms with van der Waals surface area (Å²) in [6.07, 6.45) is 6.60. The zero-order chi connectivity index (χ0) is 14.1. The maximum atomic E-state index is 10.4. The van der Waals surface area contributed by atoms with E-state index in [1.807, 2.05) is 12.1 Å². The molecule has 0 heterocycles. The molecule has 3 atom stereocenters. The summed E-state index contributed by atoms with van der Waals surface area (Å²) in [6, 6.07) is 5.49. The summed E-state index contributed by atoms with van der Waals surface area (Å²) < 4.78 is 0. The van der Waals surface area contributed by atoms with Gasteiger partial charge in [-0.1, -0.05) is 26.0 Å². The summed E-state index contributed by atoms with van der Waals surface area (Å²) in [4.78, 5) is 0. The van der Waals surface area contributed by atoms with E-state index in [9.17, 15) is 10.2 Å². The van der Waals surface area contributed by atoms with E-state index in [0.29, 0.717) is 5.92 Å². The maximum Gasteiger partial charge on any atom is 0.161 e. The Kier molecular flexibility index (Phi) is 2.33. The van der Waals surface area contributed by atoms with Crippen LogP contribution in [0.15, 0.2) is 18.2 Å². The van der Waals surface area contributed by atoms with Gasteiger partial charge in [0.25, 0.3) is 0 Å². The van der Waals surface area contributed by atoms with Gasteiger partial charge in [-0.3, -0.25) is 0 Å². The molecule has 108 valence electrons. The van der Waals surface area contributed by atoms with Crippen LogP contribution in [-0.2, 0) is 5.41 Å². The molecule has 2 nitrogen and oxygen atoms in total. The van der Waals surface area contributed by atoms with Crippen LogP contribution in [0.4, 0.5) is 0 Å². The van der Waals surface area contributed by atoms with Crippen LogP contribution in [0.25, 0.3) is 0 Å². The Bertz CT molecular complexity index is 551. The predicted molar refractivity (Wildman–Crippen MR) is 78.8 cm³/mol. The van der Waals surface area contributed by atoms with Crippen molar-refractivity contribution in [3.05, 3.63) is 23.8 Å². The quantitative estimate of drug-likeness (QED) is 0.752. The van der Waals surface area contributed by atoms with Gasteiger partial charge in [-0.05, 0) is 61.3 Å². The molecular formula is C18H24O2. The summed E-state index contributed by atoms with van der Waals surface area (Å²) in [6.45, 7) is 4.75. The Hall–Kier alpha value is -1.18. The first-order valence-electron chi connectivity index (χ1n) is 7.95. The second kappa shape index (κ2) is 3.72. The molecule has 0 spiro atoms. The predicted octanol–water partition coefficient (Wildman–Crippen LogP) is 4.20. The summed E-state index contributed by atoms with van der Waals surface area (Å²) in [5.74, 6) is 2.59. The Labute approximate surface area is 120 Å². The Balaban J connectivity index is 1.89. The first kappa shape index (κ1) is 12.6. The lowest BCUT2D eigenvalue weighted by molar-refractivity contribution is -0.115. The molecule has 0 aromatic heterocycles. The first-order chi connectivity index (χ1) is 9.44. The molecule has 1 aromatic rings. The molecule has 2 heteroatoms. The van der Waals surface area contributed by atoms with Crippen molar-refractivity contribution in [2.45, 2.75) is 51.4 Å². The number of hydrogen-bond donors (Lipinski definition) is 2. The van der Waals surface area contributed by atoms with E-state index in [1.165, 1.54) is 32.1 Å². The minimum Gasteiger partial charge on any atom is -0.504 e. The normalized spacial score (nSPS) is 45.8. The molecule has 5 rings (SSSR count). The van der Waals surface area contributed by atoms with Crippen molar-refractivity contribution < 1.29 is 10.2 Å². The lowest BCUT2D eigenvalue weighted by Gasteiger charge is -2.66. The highest BCUT2D eigenvalue weighted by atomic mass is 16.3. The average molecular weight is 272 g/mol. The van der Waals surface area contributed by atoms with Crippen LogP contribution in [0.5, 0.6) is 11.5 Å². The van der Waals surface area contributed by atoms with Crippen molar-refractivity contribution in [2.75, 3.05) is 0 Å². The van der Waals surface area contributed by atoms with Crippen LogP contribution in [0.2, 0.25) is 0 Å². The third-order valence-electron chi connectivity index (χ3n) is 7.03. The van der Waals surface area contributed by atoms with Crippen LogP contribution >= 0.6 is 0 Å². The van der Waals surface area contributed by atoms with E-state index in [0.717, 1.165) is 17.4 Å². The van der Waals surface area contributed by atoms with Crippen LogP contribution in [-0.4, -0.2) is 10.2 Å². The van der Waals surface area contributed by atoms with E-state index in [-0.39, 0.29) is 22.3 Å². The second-order valence-corrected chi connectivity index (χ2v) is 7.98. The van der Waals surface area contributed by atoms with Gasteiger partial charge in [0, 0.05) is 11.0 Å². The summed E-state index contributed by atoms with van der Waals surface area (Å²) in [7, 11) is 0. The van der Waals surface area contributed by atoms with Gasteiger partial charge >= 0.3 is 0 Å². The third-order valence-corrected chi connectivity index (χ3v) is 7.03. The molecular weight excluding hydrogens is 248 g/mol. The maximum absolute atomic E-state index is 10.4. The van der Waals surface area contributed by atoms with E-state index in [1.54, 1.807) is 6.07 Å². The number of para-hydroxylation sites is 1. The lowest BCUT2D eigenvalue weighted by atomic mass is 9.38. The number of phenols is 2. The van der Waals surface area contributed by atoms with Gasteiger partial charge in [-0.25, -0.2) is 0 Å². The van der Waals surface area contributed by atoms with E-state index in [4.69, 9.17) is 0 Å². The zero-order valence-corrected chi connectivity index (χ0v) is 12.4. The molecule has 4 bridgehead atoms. The molecule has 1 aromatic carbocycles. The molecule has 0 radical (unpaired) electrons. The van der Waals surface area contributed by atoms with Gasteiger partial charge in [0.05, 0.1) is 0 Å². The first-order valence-corrected chi connectivity index (χ1v) is 7.95. The van der Waals surface area contributed by atoms with Crippen molar-refractivity contribution in [1.82, 2.24) is 0 Å². The molecule has 2 N–H and O–H groups in total. The average Bonchev–Trinajstić information content (AvgIpc) is 2.38. The van der Waals surface area contributed by atoms with Gasteiger partial charge in [-0.15, -0.1) is 0 Å². The highest BCUT2D eigenvalue weighted by Crippen LogP contribution is 2.69. The molecule has 0 amide bonds. The van der Waals surface area contributed by atoms with Crippen molar-refractivity contribution in [3.8, 4) is 11.5 Å². The Morgan fingerprint density at radius 1 is 1.00 bits per heavy atom. The summed E-state index contributed by atoms with van der Waals surface area (Å²) >= 11 is 0. The SMILES string of the molecule is CC12CC3CC(CC(C3)C1(C)c1cccc(O)c1O)C2. The second-order valence-electron chi connectivity index (χ2n) is 7.98. The number of phenolic OH excluding ortho intramolecular Hbond substituents is 2. The van der Waals surface area contributed by atoms with Crippen molar-refractivity contribution >= 4 is 0 Å². The molecule has 4 saturated carbocycles. The van der Waals surface area contributed by atoms with Gasteiger partial charge in [0.15, 0.2) is 11.5 Å². The van der Waals surface area contributed by atoms with Gasteiger partial charge in [-0.2, -0.15) is 0 Å². The van der Waals surface area contributed by atoms with Crippen LogP contribution in [0, 0.1) is 23.2 Å². The van der Waals surface area contributed by atoms with Crippen LogP contribution < -0.4 is 0 Å². The molecule has 0 saturated heterocycles. The van der Waals surface area contributed by atoms with E-state index >= 15 is 0 Å². The fraction of sp³-hybridized carbons (Fsp3) is 0.667. The Morgan fingerprint density at radius 3 is 2.25 bits per heavy atom. The number of rotatable bonds is 1. The molecule has 4 aliphatic rings. The Morgan fingerprint density at radius 2 is 1.65 bits per heavy atom. The highest BCUT2D eigenvalue weighted by Gasteiger charge is 2.62. The van der Waals surface area contributed by atoms with Crippen molar-refractivity contribution in [2.24, 2.45) is 23.2 Å². The summed E-state index contributed by atoms with van der Waals surface area (Å²) in [5.41, 5.74) is 1.25. The monoisotopic (exact) mass is 272 g/mol. The smallest absolute Gasteiger partial charge is 0.161 e. The largest absolute Gasteiger partial charge is 0.504 e. The fourth-order valence-corrected chi connectivity index (χ4v) is 6.14. The molecule has 20 heavy (non-hydrogen) atoms. The topological polar surface area (TPSA) is 40.5 Å². The number of aromatic hydroxyl groups is 2. The number of hydrogen-bond acceptors (Lipinski definition) is 2. The minimum absolute atomic E-state index is 0.00322. The molecule has 4 aliphatic carbocycles. The molecule has 4 fully saturated rings. The van der Waals surface area contributed by atoms with Crippen LogP contribution in [0.1, 0.15) is 51.5 Å². The van der Waals surface area contributed by atoms with E-state index in [2.05, 4.69) is 13.8 Å². The third kappa shape index (κ3) is 1.35. The van der Waals surface area contributed by atoms with Gasteiger partial charge in [0.2, 0.25) is 0 Å². The molecule has 3 unspecified atom stereocenters. The van der Waals surface area contributed by atoms with Crippen LogP contribution in [0.3, 0.4) is 0 Å². The zero-order valence-electron chi connectivity index (χ0n) is 12.4. The summed E-state index contributed by atoms with van der Waals surface area (Å²) in [5, 5.41) is 20.3. The minimum atomic E-state index is 0.00322. The van der Waals surface area contributed by atoms with Crippen molar-refractivity contribution in [3.63, 3.8) is 0 Å². The molecule has 0 aliphatic heterocycles.